The van der Waals surface area contributed by atoms with E-state index in [1.807, 2.05) is 71.9 Å². The van der Waals surface area contributed by atoms with Gasteiger partial charge < -0.3 is 4.90 Å². The summed E-state index contributed by atoms with van der Waals surface area (Å²) in [5.41, 5.74) is 0.939. The predicted molar refractivity (Wildman–Crippen MR) is 64.3 cm³/mol. The van der Waals surface area contributed by atoms with Crippen molar-refractivity contribution in [3.05, 3.63) is 72.6 Å². The SMILES string of the molecule is ClC(c1ccccc1)N1C=CC=CC=C1. The molecule has 2 heteroatoms. The Bertz CT molecular complexity index is 376. The molecule has 0 bridgehead atoms. The minimum absolute atomic E-state index is 0.154. The molecule has 1 nitrogen and oxygen atoms in total. The molecule has 0 radical (unpaired) electrons. The van der Waals surface area contributed by atoms with Crippen LogP contribution in [0.3, 0.4) is 0 Å². The van der Waals surface area contributed by atoms with Gasteiger partial charge in [0.05, 0.1) is 0 Å². The molecule has 0 saturated carbocycles. The number of hydrogen-bond acceptors (Lipinski definition) is 1. The molecule has 1 heterocycles. The van der Waals surface area contributed by atoms with E-state index in [0.717, 1.165) is 5.56 Å². The molecular formula is C13H12ClN. The molecule has 0 spiro atoms. The first-order chi connectivity index (χ1) is 7.38. The minimum atomic E-state index is -0.154. The molecule has 1 atom stereocenters. The van der Waals surface area contributed by atoms with Crippen molar-refractivity contribution < 1.29 is 0 Å². The molecule has 1 aliphatic heterocycles. The van der Waals surface area contributed by atoms with Crippen LogP contribution < -0.4 is 0 Å². The van der Waals surface area contributed by atoms with Gasteiger partial charge >= 0.3 is 0 Å². The molecule has 1 aromatic rings. The van der Waals surface area contributed by atoms with Crippen molar-refractivity contribution in [3.8, 4) is 0 Å². The molecule has 0 fully saturated rings. The zero-order chi connectivity index (χ0) is 10.5. The van der Waals surface area contributed by atoms with Gasteiger partial charge in [-0.3, -0.25) is 0 Å². The second kappa shape index (κ2) is 4.85. The molecule has 0 amide bonds. The zero-order valence-electron chi connectivity index (χ0n) is 8.25. The topological polar surface area (TPSA) is 3.24 Å². The van der Waals surface area contributed by atoms with E-state index in [4.69, 9.17) is 11.6 Å². The number of nitrogens with zero attached hydrogens (tertiary/aromatic N) is 1. The Hall–Kier alpha value is -1.47. The Morgan fingerprint density at radius 3 is 2.07 bits per heavy atom. The van der Waals surface area contributed by atoms with E-state index in [9.17, 15) is 0 Å². The molecule has 1 aromatic carbocycles. The molecule has 0 N–H and O–H groups in total. The summed E-state index contributed by atoms with van der Waals surface area (Å²) in [4.78, 5) is 1.97. The lowest BCUT2D eigenvalue weighted by Crippen LogP contribution is -2.12. The van der Waals surface area contributed by atoms with E-state index >= 15 is 0 Å². The summed E-state index contributed by atoms with van der Waals surface area (Å²) < 4.78 is 0. The number of hydrogen-bond donors (Lipinski definition) is 0. The lowest BCUT2D eigenvalue weighted by molar-refractivity contribution is 0.480. The van der Waals surface area contributed by atoms with E-state index in [2.05, 4.69) is 0 Å². The Kier molecular flexibility index (Phi) is 3.25. The van der Waals surface area contributed by atoms with E-state index in [0.29, 0.717) is 0 Å². The summed E-state index contributed by atoms with van der Waals surface area (Å²) >= 11 is 6.35. The minimum Gasteiger partial charge on any atom is -0.334 e. The molecular weight excluding hydrogens is 206 g/mol. The van der Waals surface area contributed by atoms with Gasteiger partial charge in [-0.15, -0.1) is 0 Å². The summed E-state index contributed by atoms with van der Waals surface area (Å²) in [7, 11) is 0. The quantitative estimate of drug-likeness (QED) is 0.538. The van der Waals surface area contributed by atoms with Crippen molar-refractivity contribution in [2.75, 3.05) is 0 Å². The highest BCUT2D eigenvalue weighted by molar-refractivity contribution is 6.20. The highest BCUT2D eigenvalue weighted by Gasteiger charge is 2.11. The van der Waals surface area contributed by atoms with Crippen LogP contribution in [0.4, 0.5) is 0 Å². The standard InChI is InChI=1S/C13H12ClN/c14-13(12-8-4-3-5-9-12)15-10-6-1-2-7-11-15/h1-11,13H. The number of alkyl halides is 1. The van der Waals surface area contributed by atoms with Gasteiger partial charge in [0.15, 0.2) is 0 Å². The molecule has 0 aliphatic carbocycles. The van der Waals surface area contributed by atoms with Crippen molar-refractivity contribution in [1.82, 2.24) is 4.90 Å². The van der Waals surface area contributed by atoms with Crippen LogP contribution in [-0.2, 0) is 0 Å². The van der Waals surface area contributed by atoms with Crippen LogP contribution in [0.1, 0.15) is 11.1 Å². The summed E-state index contributed by atoms with van der Waals surface area (Å²) in [5, 5.41) is 0. The molecule has 76 valence electrons. The Balaban J connectivity index is 2.18. The highest BCUT2D eigenvalue weighted by Crippen LogP contribution is 2.25. The van der Waals surface area contributed by atoms with Crippen LogP contribution >= 0.6 is 11.6 Å². The van der Waals surface area contributed by atoms with Gasteiger partial charge in [0.2, 0.25) is 0 Å². The van der Waals surface area contributed by atoms with Crippen molar-refractivity contribution in [2.24, 2.45) is 0 Å². The zero-order valence-corrected chi connectivity index (χ0v) is 9.01. The molecule has 0 aromatic heterocycles. The lowest BCUT2D eigenvalue weighted by atomic mass is 10.2. The van der Waals surface area contributed by atoms with E-state index in [-0.39, 0.29) is 5.50 Å². The van der Waals surface area contributed by atoms with Gasteiger partial charge in [-0.25, -0.2) is 0 Å². The smallest absolute Gasteiger partial charge is 0.133 e. The second-order valence-electron chi connectivity index (χ2n) is 3.26. The first-order valence-electron chi connectivity index (χ1n) is 4.86. The summed E-state index contributed by atoms with van der Waals surface area (Å²) in [6.45, 7) is 0. The molecule has 1 aliphatic rings. The highest BCUT2D eigenvalue weighted by atomic mass is 35.5. The Labute approximate surface area is 95.0 Å². The third-order valence-corrected chi connectivity index (χ3v) is 2.66. The number of rotatable bonds is 2. The average molecular weight is 218 g/mol. The van der Waals surface area contributed by atoms with Crippen molar-refractivity contribution in [1.29, 1.82) is 0 Å². The second-order valence-corrected chi connectivity index (χ2v) is 3.68. The largest absolute Gasteiger partial charge is 0.334 e. The first-order valence-corrected chi connectivity index (χ1v) is 5.30. The monoisotopic (exact) mass is 217 g/mol. The molecule has 0 saturated heterocycles. The molecule has 2 rings (SSSR count). The third-order valence-electron chi connectivity index (χ3n) is 2.19. The molecule has 1 unspecified atom stereocenters. The van der Waals surface area contributed by atoms with Crippen molar-refractivity contribution in [2.45, 2.75) is 5.50 Å². The van der Waals surface area contributed by atoms with Crippen LogP contribution in [0.15, 0.2) is 67.0 Å². The number of allylic oxidation sites excluding steroid dienone is 4. The van der Waals surface area contributed by atoms with Crippen LogP contribution in [-0.4, -0.2) is 4.90 Å². The van der Waals surface area contributed by atoms with Gasteiger partial charge in [0.1, 0.15) is 5.50 Å². The fourth-order valence-corrected chi connectivity index (χ4v) is 1.69. The third kappa shape index (κ3) is 2.51. The maximum Gasteiger partial charge on any atom is 0.133 e. The van der Waals surface area contributed by atoms with Crippen molar-refractivity contribution in [3.63, 3.8) is 0 Å². The Morgan fingerprint density at radius 1 is 0.867 bits per heavy atom. The van der Waals surface area contributed by atoms with Crippen molar-refractivity contribution >= 4 is 11.6 Å². The van der Waals surface area contributed by atoms with Crippen LogP contribution in [0.2, 0.25) is 0 Å². The van der Waals surface area contributed by atoms with Gasteiger partial charge in [-0.05, 0) is 17.7 Å². The van der Waals surface area contributed by atoms with Gasteiger partial charge in [-0.1, -0.05) is 54.1 Å². The van der Waals surface area contributed by atoms with Crippen LogP contribution in [0, 0.1) is 0 Å². The fourth-order valence-electron chi connectivity index (χ4n) is 1.41. The van der Waals surface area contributed by atoms with Gasteiger partial charge in [0.25, 0.3) is 0 Å². The summed E-state index contributed by atoms with van der Waals surface area (Å²) in [5.74, 6) is 0. The predicted octanol–water partition coefficient (Wildman–Crippen LogP) is 3.82. The Morgan fingerprint density at radius 2 is 1.47 bits per heavy atom. The average Bonchev–Trinajstić information content (AvgIpc) is 2.58. The maximum atomic E-state index is 6.35. The number of halogens is 1. The van der Waals surface area contributed by atoms with Crippen LogP contribution in [0.25, 0.3) is 0 Å². The lowest BCUT2D eigenvalue weighted by Gasteiger charge is -2.21. The van der Waals surface area contributed by atoms with Crippen LogP contribution in [0.5, 0.6) is 0 Å². The van der Waals surface area contributed by atoms with Gasteiger partial charge in [-0.2, -0.15) is 0 Å². The fraction of sp³-hybridized carbons (Fsp3) is 0.0769. The van der Waals surface area contributed by atoms with E-state index in [1.165, 1.54) is 0 Å². The molecule has 15 heavy (non-hydrogen) atoms. The van der Waals surface area contributed by atoms with E-state index < -0.39 is 0 Å². The first kappa shape index (κ1) is 10.1. The maximum absolute atomic E-state index is 6.35. The summed E-state index contributed by atoms with van der Waals surface area (Å²) in [6, 6.07) is 10.0. The normalized spacial score (nSPS) is 16.5. The van der Waals surface area contributed by atoms with E-state index in [1.54, 1.807) is 0 Å². The number of benzene rings is 1. The summed E-state index contributed by atoms with van der Waals surface area (Å²) in [6.07, 6.45) is 11.8. The van der Waals surface area contributed by atoms with Gasteiger partial charge in [0, 0.05) is 12.4 Å².